The summed E-state index contributed by atoms with van der Waals surface area (Å²) in [5, 5.41) is 0. The third-order valence-electron chi connectivity index (χ3n) is 4.12. The Labute approximate surface area is 141 Å². The van der Waals surface area contributed by atoms with Crippen molar-refractivity contribution in [3.05, 3.63) is 33.7 Å². The van der Waals surface area contributed by atoms with E-state index in [9.17, 15) is 0 Å². The highest BCUT2D eigenvalue weighted by Crippen LogP contribution is 2.39. The summed E-state index contributed by atoms with van der Waals surface area (Å²) in [6.45, 7) is 8.18. The third-order valence-corrected chi connectivity index (χ3v) is 5.17. The number of hydrogen-bond acceptors (Lipinski definition) is 4. The van der Waals surface area contributed by atoms with Crippen molar-refractivity contribution < 1.29 is 9.31 Å². The summed E-state index contributed by atoms with van der Waals surface area (Å²) in [4.78, 5) is 0. The van der Waals surface area contributed by atoms with Gasteiger partial charge in [0.15, 0.2) is 0 Å². The standard InChI is InChI=1S/C15H21BBrNO2S/c1-14(2)15(3,4)20-16(19-14)11(9-21)7-10-5-6-13(18)12(17)8-10/h5-8,21H,9,18H2,1-4H3. The summed E-state index contributed by atoms with van der Waals surface area (Å²) in [7, 11) is -0.371. The van der Waals surface area contributed by atoms with Crippen molar-refractivity contribution in [3.63, 3.8) is 0 Å². The molecule has 0 atom stereocenters. The van der Waals surface area contributed by atoms with E-state index in [1.165, 1.54) is 0 Å². The first-order valence-electron chi connectivity index (χ1n) is 6.88. The molecule has 0 bridgehead atoms. The van der Waals surface area contributed by atoms with E-state index in [2.05, 4.69) is 28.6 Å². The molecule has 0 aliphatic carbocycles. The monoisotopic (exact) mass is 369 g/mol. The Hall–Kier alpha value is -0.425. The zero-order chi connectivity index (χ0) is 15.8. The third kappa shape index (κ3) is 3.50. The molecule has 0 saturated carbocycles. The minimum Gasteiger partial charge on any atom is -0.400 e. The maximum absolute atomic E-state index is 6.07. The number of rotatable bonds is 3. The van der Waals surface area contributed by atoms with Gasteiger partial charge in [-0.2, -0.15) is 12.6 Å². The highest BCUT2D eigenvalue weighted by Gasteiger charge is 2.52. The highest BCUT2D eigenvalue weighted by atomic mass is 79.9. The van der Waals surface area contributed by atoms with Crippen LogP contribution >= 0.6 is 28.6 Å². The van der Waals surface area contributed by atoms with Crippen LogP contribution in [-0.4, -0.2) is 24.1 Å². The Morgan fingerprint density at radius 2 is 1.86 bits per heavy atom. The Bertz CT molecular complexity index is 559. The van der Waals surface area contributed by atoms with Crippen molar-refractivity contribution in [3.8, 4) is 0 Å². The van der Waals surface area contributed by atoms with E-state index in [-0.39, 0.29) is 18.3 Å². The molecular formula is C15H21BBrNO2S. The molecule has 21 heavy (non-hydrogen) atoms. The van der Waals surface area contributed by atoms with E-state index >= 15 is 0 Å². The molecule has 1 aromatic carbocycles. The molecule has 2 N–H and O–H groups in total. The molecular weight excluding hydrogens is 349 g/mol. The van der Waals surface area contributed by atoms with Gasteiger partial charge in [0.05, 0.1) is 11.2 Å². The highest BCUT2D eigenvalue weighted by molar-refractivity contribution is 9.10. The lowest BCUT2D eigenvalue weighted by atomic mass is 9.78. The van der Waals surface area contributed by atoms with Crippen molar-refractivity contribution in [1.29, 1.82) is 0 Å². The van der Waals surface area contributed by atoms with Gasteiger partial charge in [-0.25, -0.2) is 0 Å². The molecule has 1 heterocycles. The molecule has 0 aromatic heterocycles. The second kappa shape index (κ2) is 5.99. The summed E-state index contributed by atoms with van der Waals surface area (Å²) in [5.74, 6) is 0.568. The maximum Gasteiger partial charge on any atom is 0.491 e. The number of benzene rings is 1. The van der Waals surface area contributed by atoms with Gasteiger partial charge in [-0.15, -0.1) is 0 Å². The van der Waals surface area contributed by atoms with Gasteiger partial charge in [-0.1, -0.05) is 12.1 Å². The molecule has 114 valence electrons. The number of halogens is 1. The SMILES string of the molecule is CC1(C)OB(C(=Cc2ccc(N)c(Br)c2)CS)OC1(C)C. The fourth-order valence-electron chi connectivity index (χ4n) is 2.03. The molecule has 0 spiro atoms. The van der Waals surface area contributed by atoms with Crippen LogP contribution in [0.5, 0.6) is 0 Å². The summed E-state index contributed by atoms with van der Waals surface area (Å²) >= 11 is 7.86. The van der Waals surface area contributed by atoms with Gasteiger partial charge in [0.1, 0.15) is 0 Å². The number of hydrogen-bond donors (Lipinski definition) is 2. The Kier molecular flexibility index (Phi) is 4.83. The van der Waals surface area contributed by atoms with E-state index in [1.807, 2.05) is 52.0 Å². The summed E-state index contributed by atoms with van der Waals surface area (Å²) in [5.41, 5.74) is 7.87. The summed E-state index contributed by atoms with van der Waals surface area (Å²) < 4.78 is 13.0. The van der Waals surface area contributed by atoms with E-state index < -0.39 is 0 Å². The first-order valence-corrected chi connectivity index (χ1v) is 8.31. The number of nitrogen functional groups attached to an aromatic ring is 1. The average molecular weight is 370 g/mol. The van der Waals surface area contributed by atoms with Crippen molar-refractivity contribution in [1.82, 2.24) is 0 Å². The fourth-order valence-corrected chi connectivity index (χ4v) is 2.67. The van der Waals surface area contributed by atoms with Gasteiger partial charge in [-0.3, -0.25) is 0 Å². The largest absolute Gasteiger partial charge is 0.491 e. The van der Waals surface area contributed by atoms with Crippen molar-refractivity contribution in [2.75, 3.05) is 11.5 Å². The zero-order valence-corrected chi connectivity index (χ0v) is 15.3. The van der Waals surface area contributed by atoms with Gasteiger partial charge < -0.3 is 15.0 Å². The minimum atomic E-state index is -0.371. The molecule has 3 nitrogen and oxygen atoms in total. The van der Waals surface area contributed by atoms with Gasteiger partial charge in [0, 0.05) is 15.9 Å². The fraction of sp³-hybridized carbons (Fsp3) is 0.467. The second-order valence-electron chi connectivity index (χ2n) is 6.25. The van der Waals surface area contributed by atoms with Crippen LogP contribution in [0.1, 0.15) is 33.3 Å². The van der Waals surface area contributed by atoms with E-state index in [0.717, 1.165) is 21.2 Å². The van der Waals surface area contributed by atoms with Crippen molar-refractivity contribution in [2.45, 2.75) is 38.9 Å². The normalized spacial score (nSPS) is 20.9. The molecule has 1 fully saturated rings. The molecule has 1 saturated heterocycles. The number of anilines is 1. The van der Waals surface area contributed by atoms with Crippen LogP contribution < -0.4 is 5.73 Å². The molecule has 2 rings (SSSR count). The topological polar surface area (TPSA) is 44.5 Å². The van der Waals surface area contributed by atoms with Crippen LogP contribution in [0.3, 0.4) is 0 Å². The molecule has 6 heteroatoms. The first-order chi connectivity index (χ1) is 9.66. The number of nitrogens with two attached hydrogens (primary N) is 1. The molecule has 0 unspecified atom stereocenters. The Balaban J connectivity index is 2.28. The van der Waals surface area contributed by atoms with Crippen molar-refractivity contribution in [2.24, 2.45) is 0 Å². The lowest BCUT2D eigenvalue weighted by Crippen LogP contribution is -2.41. The second-order valence-corrected chi connectivity index (χ2v) is 7.42. The van der Waals surface area contributed by atoms with Crippen LogP contribution in [0.4, 0.5) is 5.69 Å². The Morgan fingerprint density at radius 1 is 1.29 bits per heavy atom. The van der Waals surface area contributed by atoms with E-state index in [1.54, 1.807) is 0 Å². The quantitative estimate of drug-likeness (QED) is 0.481. The van der Waals surface area contributed by atoms with Crippen LogP contribution in [0.25, 0.3) is 6.08 Å². The smallest absolute Gasteiger partial charge is 0.400 e. The van der Waals surface area contributed by atoms with Gasteiger partial charge in [0.2, 0.25) is 0 Å². The number of thiol groups is 1. The van der Waals surface area contributed by atoms with Crippen molar-refractivity contribution >= 4 is 47.4 Å². The van der Waals surface area contributed by atoms with Crippen LogP contribution in [-0.2, 0) is 9.31 Å². The summed E-state index contributed by atoms with van der Waals surface area (Å²) in [6.07, 6.45) is 2.04. The molecule has 0 radical (unpaired) electrons. The molecule has 0 amide bonds. The van der Waals surface area contributed by atoms with Crippen LogP contribution in [0.2, 0.25) is 0 Å². The predicted molar refractivity (Wildman–Crippen MR) is 96.5 cm³/mol. The van der Waals surface area contributed by atoms with E-state index in [0.29, 0.717) is 5.75 Å². The van der Waals surface area contributed by atoms with Gasteiger partial charge in [-0.05, 0) is 66.8 Å². The molecule has 1 aliphatic heterocycles. The predicted octanol–water partition coefficient (Wildman–Crippen LogP) is 3.98. The average Bonchev–Trinajstić information content (AvgIpc) is 2.59. The minimum absolute atomic E-state index is 0.346. The van der Waals surface area contributed by atoms with Gasteiger partial charge >= 0.3 is 7.12 Å². The van der Waals surface area contributed by atoms with E-state index in [4.69, 9.17) is 15.0 Å². The summed E-state index contributed by atoms with van der Waals surface area (Å²) in [6, 6.07) is 5.81. The lowest BCUT2D eigenvalue weighted by molar-refractivity contribution is 0.00578. The van der Waals surface area contributed by atoms with Gasteiger partial charge in [0.25, 0.3) is 0 Å². The molecule has 1 aromatic rings. The lowest BCUT2D eigenvalue weighted by Gasteiger charge is -2.32. The zero-order valence-electron chi connectivity index (χ0n) is 12.8. The van der Waals surface area contributed by atoms with Crippen LogP contribution in [0.15, 0.2) is 28.1 Å². The first kappa shape index (κ1) is 16.9. The van der Waals surface area contributed by atoms with Crippen LogP contribution in [0, 0.1) is 0 Å². The Morgan fingerprint density at radius 3 is 2.33 bits per heavy atom. The maximum atomic E-state index is 6.07. The molecule has 1 aliphatic rings.